The third-order valence-corrected chi connectivity index (χ3v) is 3.08. The van der Waals surface area contributed by atoms with Crippen LogP contribution in [0.25, 0.3) is 0 Å². The maximum absolute atomic E-state index is 11.7. The maximum Gasteiger partial charge on any atom is 0.224 e. The van der Waals surface area contributed by atoms with Gasteiger partial charge in [-0.25, -0.2) is 0 Å². The lowest BCUT2D eigenvalue weighted by Crippen LogP contribution is -2.41. The highest BCUT2D eigenvalue weighted by atomic mass is 16.5. The number of nitrogens with zero attached hydrogens (tertiary/aromatic N) is 1. The monoisotopic (exact) mass is 212 g/mol. The van der Waals surface area contributed by atoms with E-state index in [0.29, 0.717) is 37.1 Å². The van der Waals surface area contributed by atoms with Crippen LogP contribution in [0.2, 0.25) is 0 Å². The molecule has 4 heteroatoms. The molecule has 2 rings (SSSR count). The van der Waals surface area contributed by atoms with Crippen LogP contribution in [0.5, 0.6) is 0 Å². The SMILES string of the molecule is COCC(C)NC1CC(=O)N(C2CC2)C1. The van der Waals surface area contributed by atoms with Crippen molar-refractivity contribution in [2.75, 3.05) is 20.3 Å². The fourth-order valence-corrected chi connectivity index (χ4v) is 2.28. The molecule has 4 nitrogen and oxygen atoms in total. The second kappa shape index (κ2) is 4.49. The highest BCUT2D eigenvalue weighted by molar-refractivity contribution is 5.80. The topological polar surface area (TPSA) is 41.6 Å². The zero-order valence-electron chi connectivity index (χ0n) is 9.53. The normalized spacial score (nSPS) is 28.5. The third kappa shape index (κ3) is 2.69. The van der Waals surface area contributed by atoms with Crippen molar-refractivity contribution >= 4 is 5.91 Å². The summed E-state index contributed by atoms with van der Waals surface area (Å²) in [5, 5.41) is 3.44. The Morgan fingerprint density at radius 2 is 2.33 bits per heavy atom. The van der Waals surface area contributed by atoms with E-state index in [9.17, 15) is 4.79 Å². The first-order chi connectivity index (χ1) is 7.20. The predicted molar refractivity (Wildman–Crippen MR) is 57.6 cm³/mol. The minimum atomic E-state index is 0.319. The molecule has 2 unspecified atom stereocenters. The van der Waals surface area contributed by atoms with E-state index in [0.717, 1.165) is 6.54 Å². The third-order valence-electron chi connectivity index (χ3n) is 3.08. The molecule has 0 aromatic heterocycles. The second-order valence-electron chi connectivity index (χ2n) is 4.70. The quantitative estimate of drug-likeness (QED) is 0.716. The molecule has 0 spiro atoms. The first-order valence-corrected chi connectivity index (χ1v) is 5.75. The number of nitrogens with one attached hydrogen (secondary N) is 1. The molecule has 0 aromatic rings. The molecule has 0 aromatic carbocycles. The fraction of sp³-hybridized carbons (Fsp3) is 0.909. The summed E-state index contributed by atoms with van der Waals surface area (Å²) in [5.41, 5.74) is 0. The van der Waals surface area contributed by atoms with Crippen LogP contribution in [0.3, 0.4) is 0 Å². The minimum absolute atomic E-state index is 0.319. The Morgan fingerprint density at radius 3 is 2.93 bits per heavy atom. The van der Waals surface area contributed by atoms with Crippen LogP contribution >= 0.6 is 0 Å². The summed E-state index contributed by atoms with van der Waals surface area (Å²) in [4.78, 5) is 13.7. The number of methoxy groups -OCH3 is 1. The van der Waals surface area contributed by atoms with Crippen molar-refractivity contribution in [2.45, 2.75) is 44.3 Å². The van der Waals surface area contributed by atoms with Crippen LogP contribution in [0.15, 0.2) is 0 Å². The number of likely N-dealkylation sites (tertiary alicyclic amines) is 1. The Bertz CT molecular complexity index is 241. The summed E-state index contributed by atoms with van der Waals surface area (Å²) in [6, 6.07) is 1.21. The molecule has 1 amide bonds. The molecular formula is C11H20N2O2. The van der Waals surface area contributed by atoms with Gasteiger partial charge < -0.3 is 15.0 Å². The van der Waals surface area contributed by atoms with E-state index in [1.807, 2.05) is 4.90 Å². The minimum Gasteiger partial charge on any atom is -0.383 e. The molecule has 1 heterocycles. The lowest BCUT2D eigenvalue weighted by atomic mass is 10.2. The molecular weight excluding hydrogens is 192 g/mol. The number of rotatable bonds is 5. The fourth-order valence-electron chi connectivity index (χ4n) is 2.28. The van der Waals surface area contributed by atoms with Crippen molar-refractivity contribution in [3.63, 3.8) is 0 Å². The first kappa shape index (κ1) is 10.9. The summed E-state index contributed by atoms with van der Waals surface area (Å²) >= 11 is 0. The number of ether oxygens (including phenoxy) is 1. The Labute approximate surface area is 91.0 Å². The number of hydrogen-bond acceptors (Lipinski definition) is 3. The van der Waals surface area contributed by atoms with Crippen LogP contribution in [0.4, 0.5) is 0 Å². The number of hydrogen-bond donors (Lipinski definition) is 1. The number of amides is 1. The van der Waals surface area contributed by atoms with Crippen molar-refractivity contribution in [1.29, 1.82) is 0 Å². The van der Waals surface area contributed by atoms with E-state index < -0.39 is 0 Å². The van der Waals surface area contributed by atoms with Gasteiger partial charge in [0.1, 0.15) is 0 Å². The molecule has 15 heavy (non-hydrogen) atoms. The summed E-state index contributed by atoms with van der Waals surface area (Å²) < 4.78 is 5.07. The van der Waals surface area contributed by atoms with Crippen LogP contribution in [-0.2, 0) is 9.53 Å². The average molecular weight is 212 g/mol. The molecule has 1 aliphatic carbocycles. The van der Waals surface area contributed by atoms with E-state index in [1.165, 1.54) is 12.8 Å². The van der Waals surface area contributed by atoms with Gasteiger partial charge in [0.05, 0.1) is 6.61 Å². The molecule has 2 aliphatic rings. The Kier molecular flexibility index (Phi) is 3.26. The summed E-state index contributed by atoms with van der Waals surface area (Å²) in [7, 11) is 1.70. The van der Waals surface area contributed by atoms with E-state index >= 15 is 0 Å². The highest BCUT2D eigenvalue weighted by Crippen LogP contribution is 2.30. The molecule has 1 aliphatic heterocycles. The van der Waals surface area contributed by atoms with Gasteiger partial charge in [0.25, 0.3) is 0 Å². The van der Waals surface area contributed by atoms with Crippen molar-refractivity contribution in [2.24, 2.45) is 0 Å². The van der Waals surface area contributed by atoms with Gasteiger partial charge in [-0.05, 0) is 19.8 Å². The van der Waals surface area contributed by atoms with Crippen LogP contribution in [-0.4, -0.2) is 49.2 Å². The average Bonchev–Trinajstić information content (AvgIpc) is 2.93. The van der Waals surface area contributed by atoms with Gasteiger partial charge in [-0.1, -0.05) is 0 Å². The zero-order valence-corrected chi connectivity index (χ0v) is 9.53. The molecule has 1 saturated carbocycles. The summed E-state index contributed by atoms with van der Waals surface area (Å²) in [6.45, 7) is 3.68. The van der Waals surface area contributed by atoms with Gasteiger partial charge >= 0.3 is 0 Å². The molecule has 1 saturated heterocycles. The smallest absolute Gasteiger partial charge is 0.224 e. The molecule has 1 N–H and O–H groups in total. The van der Waals surface area contributed by atoms with Crippen molar-refractivity contribution in [1.82, 2.24) is 10.2 Å². The predicted octanol–water partition coefficient (Wildman–Crippen LogP) is 0.374. The largest absolute Gasteiger partial charge is 0.383 e. The van der Waals surface area contributed by atoms with Crippen LogP contribution in [0, 0.1) is 0 Å². The summed E-state index contributed by atoms with van der Waals surface area (Å²) in [6.07, 6.45) is 3.06. The van der Waals surface area contributed by atoms with E-state index in [-0.39, 0.29) is 0 Å². The van der Waals surface area contributed by atoms with E-state index in [4.69, 9.17) is 4.74 Å². The van der Waals surface area contributed by atoms with Crippen molar-refractivity contribution < 1.29 is 9.53 Å². The molecule has 2 atom stereocenters. The molecule has 0 bridgehead atoms. The van der Waals surface area contributed by atoms with Gasteiger partial charge in [0.15, 0.2) is 0 Å². The zero-order chi connectivity index (χ0) is 10.8. The Balaban J connectivity index is 1.78. The lowest BCUT2D eigenvalue weighted by Gasteiger charge is -2.19. The summed E-state index contributed by atoms with van der Waals surface area (Å²) in [5.74, 6) is 0.319. The molecule has 2 fully saturated rings. The molecule has 0 radical (unpaired) electrons. The standard InChI is InChI=1S/C11H20N2O2/c1-8(7-15-2)12-9-5-11(14)13(6-9)10-3-4-10/h8-10,12H,3-7H2,1-2H3. The van der Waals surface area contributed by atoms with Crippen molar-refractivity contribution in [3.8, 4) is 0 Å². The van der Waals surface area contributed by atoms with Gasteiger partial charge in [0, 0.05) is 38.2 Å². The van der Waals surface area contributed by atoms with Gasteiger partial charge in [-0.3, -0.25) is 4.79 Å². The van der Waals surface area contributed by atoms with Gasteiger partial charge in [0.2, 0.25) is 5.91 Å². The van der Waals surface area contributed by atoms with Gasteiger partial charge in [-0.15, -0.1) is 0 Å². The number of carbonyl (C=O) groups is 1. The van der Waals surface area contributed by atoms with Crippen molar-refractivity contribution in [3.05, 3.63) is 0 Å². The Morgan fingerprint density at radius 1 is 1.60 bits per heavy atom. The highest BCUT2D eigenvalue weighted by Gasteiger charge is 2.39. The van der Waals surface area contributed by atoms with E-state index in [2.05, 4.69) is 12.2 Å². The van der Waals surface area contributed by atoms with Gasteiger partial charge in [-0.2, -0.15) is 0 Å². The van der Waals surface area contributed by atoms with Crippen LogP contribution in [0.1, 0.15) is 26.2 Å². The lowest BCUT2D eigenvalue weighted by molar-refractivity contribution is -0.128. The Hall–Kier alpha value is -0.610. The first-order valence-electron chi connectivity index (χ1n) is 5.75. The van der Waals surface area contributed by atoms with E-state index in [1.54, 1.807) is 7.11 Å². The van der Waals surface area contributed by atoms with Crippen LogP contribution < -0.4 is 5.32 Å². The number of carbonyl (C=O) groups excluding carboxylic acids is 1. The molecule has 86 valence electrons. The maximum atomic E-state index is 11.7. The second-order valence-corrected chi connectivity index (χ2v) is 4.70.